The average molecular weight is 590 g/mol. The number of nitrogens with two attached hydrogens (primary N) is 1. The van der Waals surface area contributed by atoms with Gasteiger partial charge in [0, 0.05) is 42.7 Å². The molecule has 3 aromatic heterocycles. The molecule has 4 aromatic rings. The Kier molecular flexibility index (Phi) is 8.27. The number of methoxy groups -OCH3 is 1. The van der Waals surface area contributed by atoms with Crippen LogP contribution < -0.4 is 15.8 Å². The number of fused-ring (bicyclic) bond motifs is 1. The smallest absolute Gasteiger partial charge is 0.410 e. The molecule has 0 aliphatic carbocycles. The molecule has 1 aliphatic heterocycles. The Morgan fingerprint density at radius 2 is 2.02 bits per heavy atom. The number of nitrogens with zero attached hydrogens (tertiary/aromatic N) is 5. The standard InChI is InChI=1S/C31H36ClN7O3/c1-19-13-27(41-5)34-16-22(19)20-14-26-28(35-15-21-9-8-12-38(21)30(40)42-31(2,3)4)23(17-36-39(26)18-20)29(33)37-25-11-7-6-10-24(25)32/h6-7,10-11,13-14,16-18,21,35H,8-9,12,15H2,1-5H3,(H2,33,37)/t21-/m0/s1. The van der Waals surface area contributed by atoms with Gasteiger partial charge in [-0.3, -0.25) is 0 Å². The largest absolute Gasteiger partial charge is 0.481 e. The molecule has 10 nitrogen and oxygen atoms in total. The van der Waals surface area contributed by atoms with Crippen LogP contribution in [0.3, 0.4) is 0 Å². The summed E-state index contributed by atoms with van der Waals surface area (Å²) in [5, 5.41) is 8.73. The number of aromatic nitrogens is 3. The number of aryl methyl sites for hydroxylation is 1. The van der Waals surface area contributed by atoms with Crippen LogP contribution in [0.15, 0.2) is 60.0 Å². The van der Waals surface area contributed by atoms with E-state index in [1.807, 2.05) is 58.2 Å². The Bertz CT molecular complexity index is 1640. The molecule has 5 rings (SSSR count). The van der Waals surface area contributed by atoms with Crippen LogP contribution in [0.2, 0.25) is 5.02 Å². The van der Waals surface area contributed by atoms with E-state index in [2.05, 4.69) is 20.4 Å². The summed E-state index contributed by atoms with van der Waals surface area (Å²) in [6.45, 7) is 8.78. The molecular weight excluding hydrogens is 554 g/mol. The maximum Gasteiger partial charge on any atom is 0.410 e. The molecule has 0 radical (unpaired) electrons. The van der Waals surface area contributed by atoms with Gasteiger partial charge in [0.1, 0.15) is 11.4 Å². The van der Waals surface area contributed by atoms with E-state index in [0.717, 1.165) is 40.7 Å². The summed E-state index contributed by atoms with van der Waals surface area (Å²) >= 11 is 6.37. The Morgan fingerprint density at radius 1 is 1.24 bits per heavy atom. The quantitative estimate of drug-likeness (QED) is 0.194. The molecule has 4 heterocycles. The number of benzene rings is 1. The number of halogens is 1. The predicted octanol–water partition coefficient (Wildman–Crippen LogP) is 6.22. The summed E-state index contributed by atoms with van der Waals surface area (Å²) in [7, 11) is 1.60. The van der Waals surface area contributed by atoms with Crippen LogP contribution >= 0.6 is 11.6 Å². The molecule has 1 aliphatic rings. The fourth-order valence-corrected chi connectivity index (χ4v) is 5.27. The van der Waals surface area contributed by atoms with Crippen molar-refractivity contribution in [1.82, 2.24) is 19.5 Å². The minimum atomic E-state index is -0.567. The lowest BCUT2D eigenvalue weighted by Crippen LogP contribution is -2.42. The molecule has 0 unspecified atom stereocenters. The monoisotopic (exact) mass is 589 g/mol. The lowest BCUT2D eigenvalue weighted by atomic mass is 10.1. The van der Waals surface area contributed by atoms with Gasteiger partial charge >= 0.3 is 6.09 Å². The van der Waals surface area contributed by atoms with Gasteiger partial charge in [0.15, 0.2) is 0 Å². The molecular formula is C31H36ClN7O3. The Hall–Kier alpha value is -4.31. The first-order valence-electron chi connectivity index (χ1n) is 13.9. The van der Waals surface area contributed by atoms with Gasteiger partial charge in [-0.1, -0.05) is 23.7 Å². The van der Waals surface area contributed by atoms with Crippen molar-refractivity contribution in [3.05, 3.63) is 71.1 Å². The molecule has 1 fully saturated rings. The third kappa shape index (κ3) is 6.28. The molecule has 1 atom stereocenters. The maximum atomic E-state index is 12.9. The topological polar surface area (TPSA) is 119 Å². The van der Waals surface area contributed by atoms with Gasteiger partial charge in [0.2, 0.25) is 5.88 Å². The van der Waals surface area contributed by atoms with Crippen molar-refractivity contribution in [2.75, 3.05) is 25.5 Å². The number of para-hydroxylation sites is 1. The zero-order valence-electron chi connectivity index (χ0n) is 24.5. The van der Waals surface area contributed by atoms with Gasteiger partial charge in [-0.2, -0.15) is 5.10 Å². The first kappa shape index (κ1) is 29.2. The summed E-state index contributed by atoms with van der Waals surface area (Å²) in [6.07, 6.45) is 6.88. The number of ether oxygens (including phenoxy) is 2. The van der Waals surface area contributed by atoms with E-state index in [4.69, 9.17) is 26.8 Å². The van der Waals surface area contributed by atoms with Crippen molar-refractivity contribution < 1.29 is 14.3 Å². The number of carbonyl (C=O) groups excluding carboxylic acids is 1. The van der Waals surface area contributed by atoms with E-state index in [1.54, 1.807) is 41.1 Å². The van der Waals surface area contributed by atoms with Crippen molar-refractivity contribution >= 4 is 40.4 Å². The van der Waals surface area contributed by atoms with Gasteiger partial charge in [0.25, 0.3) is 0 Å². The molecule has 0 bridgehead atoms. The second-order valence-electron chi connectivity index (χ2n) is 11.3. The summed E-state index contributed by atoms with van der Waals surface area (Å²) in [4.78, 5) is 23.8. The molecule has 220 valence electrons. The van der Waals surface area contributed by atoms with Crippen LogP contribution in [0, 0.1) is 6.92 Å². The minimum absolute atomic E-state index is 0.0508. The van der Waals surface area contributed by atoms with Gasteiger partial charge in [-0.15, -0.1) is 0 Å². The molecule has 1 saturated heterocycles. The van der Waals surface area contributed by atoms with Crippen LogP contribution in [0.1, 0.15) is 44.7 Å². The van der Waals surface area contributed by atoms with E-state index in [-0.39, 0.29) is 18.0 Å². The number of hydrogen-bond acceptors (Lipinski definition) is 7. The number of rotatable bonds is 7. The van der Waals surface area contributed by atoms with Crippen LogP contribution in [0.5, 0.6) is 5.88 Å². The molecule has 0 saturated carbocycles. The number of nitrogens with one attached hydrogen (secondary N) is 1. The van der Waals surface area contributed by atoms with Gasteiger partial charge in [0.05, 0.1) is 46.8 Å². The third-order valence-electron chi connectivity index (χ3n) is 7.13. The maximum absolute atomic E-state index is 12.9. The number of amides is 1. The molecule has 1 aromatic carbocycles. The number of likely N-dealkylation sites (tertiary alicyclic amines) is 1. The third-order valence-corrected chi connectivity index (χ3v) is 7.45. The van der Waals surface area contributed by atoms with Crippen molar-refractivity contribution in [2.45, 2.75) is 52.2 Å². The Labute approximate surface area is 250 Å². The highest BCUT2D eigenvalue weighted by Gasteiger charge is 2.32. The fraction of sp³-hybridized carbons (Fsp3) is 0.355. The summed E-state index contributed by atoms with van der Waals surface area (Å²) in [5.41, 5.74) is 11.7. The first-order valence-corrected chi connectivity index (χ1v) is 14.3. The summed E-state index contributed by atoms with van der Waals surface area (Å²) < 4.78 is 12.8. The van der Waals surface area contributed by atoms with Crippen LogP contribution in [0.25, 0.3) is 16.6 Å². The van der Waals surface area contributed by atoms with E-state index in [1.165, 1.54) is 0 Å². The van der Waals surface area contributed by atoms with Crippen LogP contribution in [0.4, 0.5) is 16.2 Å². The molecule has 42 heavy (non-hydrogen) atoms. The Morgan fingerprint density at radius 3 is 2.74 bits per heavy atom. The van der Waals surface area contributed by atoms with E-state index in [0.29, 0.717) is 35.2 Å². The lowest BCUT2D eigenvalue weighted by Gasteiger charge is -2.29. The van der Waals surface area contributed by atoms with E-state index < -0.39 is 5.60 Å². The highest BCUT2D eigenvalue weighted by molar-refractivity contribution is 6.33. The molecule has 11 heteroatoms. The lowest BCUT2D eigenvalue weighted by molar-refractivity contribution is 0.0235. The second-order valence-corrected chi connectivity index (χ2v) is 11.7. The van der Waals surface area contributed by atoms with Gasteiger partial charge in [-0.25, -0.2) is 19.3 Å². The first-order chi connectivity index (χ1) is 20.0. The number of anilines is 1. The van der Waals surface area contributed by atoms with Crippen molar-refractivity contribution in [3.8, 4) is 17.0 Å². The van der Waals surface area contributed by atoms with Crippen molar-refractivity contribution in [3.63, 3.8) is 0 Å². The highest BCUT2D eigenvalue weighted by Crippen LogP contribution is 2.32. The number of pyridine rings is 1. The van der Waals surface area contributed by atoms with E-state index in [9.17, 15) is 4.79 Å². The van der Waals surface area contributed by atoms with Gasteiger partial charge in [-0.05, 0) is 64.3 Å². The average Bonchev–Trinajstić information content (AvgIpc) is 3.59. The summed E-state index contributed by atoms with van der Waals surface area (Å²) in [6, 6.07) is 11.2. The van der Waals surface area contributed by atoms with Crippen molar-refractivity contribution in [2.24, 2.45) is 10.7 Å². The predicted molar refractivity (Wildman–Crippen MR) is 166 cm³/mol. The number of hydrogen-bond donors (Lipinski definition) is 2. The number of amidine groups is 1. The molecule has 0 spiro atoms. The molecule has 1 amide bonds. The zero-order valence-corrected chi connectivity index (χ0v) is 25.3. The van der Waals surface area contributed by atoms with Crippen molar-refractivity contribution in [1.29, 1.82) is 0 Å². The normalized spacial score (nSPS) is 15.7. The zero-order chi connectivity index (χ0) is 30.0. The summed E-state index contributed by atoms with van der Waals surface area (Å²) in [5.74, 6) is 0.818. The highest BCUT2D eigenvalue weighted by atomic mass is 35.5. The van der Waals surface area contributed by atoms with Gasteiger partial charge < -0.3 is 25.4 Å². The number of carbonyl (C=O) groups is 1. The van der Waals surface area contributed by atoms with Crippen LogP contribution in [-0.4, -0.2) is 63.3 Å². The Balaban J connectivity index is 1.54. The SMILES string of the molecule is COc1cc(C)c(-c2cc3c(NC[C@@H]4CCCN4C(=O)OC(C)(C)C)c(/C(N)=N/c4ccccc4Cl)cnn3c2)cn1. The minimum Gasteiger partial charge on any atom is -0.481 e. The fourth-order valence-electron chi connectivity index (χ4n) is 5.09. The number of aliphatic imine (C=N–C) groups is 1. The second kappa shape index (κ2) is 11.9. The van der Waals surface area contributed by atoms with E-state index >= 15 is 0 Å². The van der Waals surface area contributed by atoms with Crippen LogP contribution in [-0.2, 0) is 4.74 Å². The molecule has 3 N–H and O–H groups in total.